The standard InChI is InChI=1S/C12H21N5/c13-12(16-8-2-1-3-9-16)14-6-4-10-17-11-5-7-15-17/h5,7,11H,1-4,6,8-10H2,(H2,13,14). The van der Waals surface area contributed by atoms with Crippen LogP contribution in [0.15, 0.2) is 23.5 Å². The number of aromatic nitrogens is 2. The van der Waals surface area contributed by atoms with E-state index in [1.165, 1.54) is 19.3 Å². The molecule has 0 unspecified atom stereocenters. The molecule has 0 bridgehead atoms. The molecule has 2 N–H and O–H groups in total. The summed E-state index contributed by atoms with van der Waals surface area (Å²) < 4.78 is 1.92. The average molecular weight is 235 g/mol. The van der Waals surface area contributed by atoms with E-state index in [9.17, 15) is 0 Å². The maximum absolute atomic E-state index is 5.96. The van der Waals surface area contributed by atoms with E-state index < -0.39 is 0 Å². The van der Waals surface area contributed by atoms with Gasteiger partial charge in [0.1, 0.15) is 0 Å². The van der Waals surface area contributed by atoms with Gasteiger partial charge in [-0.25, -0.2) is 0 Å². The first-order valence-corrected chi connectivity index (χ1v) is 6.38. The molecule has 0 radical (unpaired) electrons. The number of rotatable bonds is 4. The van der Waals surface area contributed by atoms with E-state index in [4.69, 9.17) is 5.73 Å². The van der Waals surface area contributed by atoms with Crippen LogP contribution in [-0.2, 0) is 6.54 Å². The zero-order valence-electron chi connectivity index (χ0n) is 10.3. The van der Waals surface area contributed by atoms with Gasteiger partial charge in [0.05, 0.1) is 0 Å². The molecule has 0 aliphatic carbocycles. The van der Waals surface area contributed by atoms with E-state index in [1.54, 1.807) is 6.20 Å². The number of aryl methyl sites for hydroxylation is 1. The fourth-order valence-corrected chi connectivity index (χ4v) is 2.08. The highest BCUT2D eigenvalue weighted by atomic mass is 15.3. The summed E-state index contributed by atoms with van der Waals surface area (Å²) in [4.78, 5) is 6.62. The van der Waals surface area contributed by atoms with Crippen molar-refractivity contribution in [1.29, 1.82) is 0 Å². The van der Waals surface area contributed by atoms with Crippen molar-refractivity contribution in [3.05, 3.63) is 18.5 Å². The van der Waals surface area contributed by atoms with Crippen LogP contribution >= 0.6 is 0 Å². The molecule has 1 aliphatic rings. The lowest BCUT2D eigenvalue weighted by Crippen LogP contribution is -2.40. The first-order chi connectivity index (χ1) is 8.36. The van der Waals surface area contributed by atoms with Crippen molar-refractivity contribution in [2.24, 2.45) is 10.7 Å². The Bertz CT molecular complexity index is 338. The molecule has 2 heterocycles. The van der Waals surface area contributed by atoms with Crippen molar-refractivity contribution >= 4 is 5.96 Å². The lowest BCUT2D eigenvalue weighted by molar-refractivity contribution is 0.338. The lowest BCUT2D eigenvalue weighted by atomic mass is 10.1. The van der Waals surface area contributed by atoms with Crippen molar-refractivity contribution in [2.75, 3.05) is 19.6 Å². The van der Waals surface area contributed by atoms with E-state index in [0.717, 1.165) is 32.6 Å². The minimum atomic E-state index is 0.713. The van der Waals surface area contributed by atoms with E-state index in [0.29, 0.717) is 5.96 Å². The summed E-state index contributed by atoms with van der Waals surface area (Å²) in [6.07, 6.45) is 8.55. The molecular weight excluding hydrogens is 214 g/mol. The van der Waals surface area contributed by atoms with Gasteiger partial charge in [0, 0.05) is 38.6 Å². The third kappa shape index (κ3) is 3.76. The Morgan fingerprint density at radius 2 is 2.12 bits per heavy atom. The normalized spacial score (nSPS) is 17.4. The Balaban J connectivity index is 1.68. The van der Waals surface area contributed by atoms with Crippen molar-refractivity contribution in [3.63, 3.8) is 0 Å². The molecule has 5 heteroatoms. The second-order valence-corrected chi connectivity index (χ2v) is 4.41. The van der Waals surface area contributed by atoms with Crippen molar-refractivity contribution in [2.45, 2.75) is 32.2 Å². The van der Waals surface area contributed by atoms with Crippen molar-refractivity contribution in [1.82, 2.24) is 14.7 Å². The fourth-order valence-electron chi connectivity index (χ4n) is 2.08. The summed E-state index contributed by atoms with van der Waals surface area (Å²) in [5.41, 5.74) is 5.96. The summed E-state index contributed by atoms with van der Waals surface area (Å²) >= 11 is 0. The van der Waals surface area contributed by atoms with Gasteiger partial charge in [0.2, 0.25) is 0 Å². The van der Waals surface area contributed by atoms with E-state index >= 15 is 0 Å². The topological polar surface area (TPSA) is 59.4 Å². The fraction of sp³-hybridized carbons (Fsp3) is 0.667. The summed E-state index contributed by atoms with van der Waals surface area (Å²) in [6.45, 7) is 3.81. The number of nitrogens with two attached hydrogens (primary N) is 1. The summed E-state index contributed by atoms with van der Waals surface area (Å²) in [7, 11) is 0. The van der Waals surface area contributed by atoms with Crippen LogP contribution < -0.4 is 5.73 Å². The lowest BCUT2D eigenvalue weighted by Gasteiger charge is -2.27. The first kappa shape index (κ1) is 12.0. The predicted molar refractivity (Wildman–Crippen MR) is 68.8 cm³/mol. The molecular formula is C12H21N5. The molecule has 1 fully saturated rings. The third-order valence-electron chi connectivity index (χ3n) is 3.06. The zero-order valence-corrected chi connectivity index (χ0v) is 10.3. The molecule has 2 rings (SSSR count). The van der Waals surface area contributed by atoms with Gasteiger partial charge in [-0.2, -0.15) is 5.10 Å². The van der Waals surface area contributed by atoms with Crippen molar-refractivity contribution < 1.29 is 0 Å². The largest absolute Gasteiger partial charge is 0.370 e. The van der Waals surface area contributed by atoms with Crippen LogP contribution in [0.2, 0.25) is 0 Å². The van der Waals surface area contributed by atoms with Crippen LogP contribution in [0.4, 0.5) is 0 Å². The molecule has 17 heavy (non-hydrogen) atoms. The summed E-state index contributed by atoms with van der Waals surface area (Å²) in [5.74, 6) is 0.713. The highest BCUT2D eigenvalue weighted by Crippen LogP contribution is 2.07. The molecule has 0 saturated carbocycles. The quantitative estimate of drug-likeness (QED) is 0.482. The highest BCUT2D eigenvalue weighted by Gasteiger charge is 2.11. The number of likely N-dealkylation sites (tertiary alicyclic amines) is 1. The van der Waals surface area contributed by atoms with Gasteiger partial charge in [0.25, 0.3) is 0 Å². The van der Waals surface area contributed by atoms with E-state index in [2.05, 4.69) is 15.0 Å². The second-order valence-electron chi connectivity index (χ2n) is 4.41. The van der Waals surface area contributed by atoms with Gasteiger partial charge in [-0.05, 0) is 31.7 Å². The molecule has 1 aromatic heterocycles. The van der Waals surface area contributed by atoms with Gasteiger partial charge in [-0.1, -0.05) is 0 Å². The Morgan fingerprint density at radius 3 is 2.82 bits per heavy atom. The minimum absolute atomic E-state index is 0.713. The van der Waals surface area contributed by atoms with Gasteiger partial charge in [-0.15, -0.1) is 0 Å². The smallest absolute Gasteiger partial charge is 0.191 e. The van der Waals surface area contributed by atoms with E-state index in [1.807, 2.05) is 16.9 Å². The number of hydrogen-bond acceptors (Lipinski definition) is 2. The van der Waals surface area contributed by atoms with Gasteiger partial charge in [0.15, 0.2) is 5.96 Å². The summed E-state index contributed by atoms with van der Waals surface area (Å²) in [5, 5.41) is 4.15. The zero-order chi connectivity index (χ0) is 11.9. The SMILES string of the molecule is NC(=NCCCn1cccn1)N1CCCCC1. The predicted octanol–water partition coefficient (Wildman–Crippen LogP) is 1.07. The Hall–Kier alpha value is -1.52. The Morgan fingerprint density at radius 1 is 1.29 bits per heavy atom. The van der Waals surface area contributed by atoms with Crippen LogP contribution in [0.25, 0.3) is 0 Å². The highest BCUT2D eigenvalue weighted by molar-refractivity contribution is 5.78. The van der Waals surface area contributed by atoms with Crippen LogP contribution in [0.1, 0.15) is 25.7 Å². The average Bonchev–Trinajstić information content (AvgIpc) is 2.88. The molecule has 1 saturated heterocycles. The molecule has 0 aromatic carbocycles. The van der Waals surface area contributed by atoms with Gasteiger partial charge in [-0.3, -0.25) is 9.67 Å². The molecule has 1 aromatic rings. The number of hydrogen-bond donors (Lipinski definition) is 1. The number of nitrogens with zero attached hydrogens (tertiary/aromatic N) is 4. The number of piperidine rings is 1. The molecule has 0 atom stereocenters. The van der Waals surface area contributed by atoms with Crippen LogP contribution in [0, 0.1) is 0 Å². The summed E-state index contributed by atoms with van der Waals surface area (Å²) in [6, 6.07) is 1.94. The Labute approximate surface area is 102 Å². The molecule has 0 amide bonds. The molecule has 94 valence electrons. The third-order valence-corrected chi connectivity index (χ3v) is 3.06. The monoisotopic (exact) mass is 235 g/mol. The maximum Gasteiger partial charge on any atom is 0.191 e. The molecule has 1 aliphatic heterocycles. The van der Waals surface area contributed by atoms with Crippen LogP contribution in [-0.4, -0.2) is 40.3 Å². The van der Waals surface area contributed by atoms with Crippen LogP contribution in [0.5, 0.6) is 0 Å². The minimum Gasteiger partial charge on any atom is -0.370 e. The number of guanidine groups is 1. The second kappa shape index (κ2) is 6.27. The maximum atomic E-state index is 5.96. The number of aliphatic imine (C=N–C) groups is 1. The van der Waals surface area contributed by atoms with Crippen LogP contribution in [0.3, 0.4) is 0 Å². The Kier molecular flexibility index (Phi) is 4.41. The first-order valence-electron chi connectivity index (χ1n) is 6.38. The van der Waals surface area contributed by atoms with Crippen molar-refractivity contribution in [3.8, 4) is 0 Å². The van der Waals surface area contributed by atoms with E-state index in [-0.39, 0.29) is 0 Å². The van der Waals surface area contributed by atoms with Gasteiger partial charge >= 0.3 is 0 Å². The molecule has 5 nitrogen and oxygen atoms in total. The van der Waals surface area contributed by atoms with Gasteiger partial charge < -0.3 is 10.6 Å². The molecule has 0 spiro atoms.